The zero-order chi connectivity index (χ0) is 6.57. The third-order valence-corrected chi connectivity index (χ3v) is 0.368. The average molecular weight is 209 g/mol. The zero-order valence-electron chi connectivity index (χ0n) is 4.31. The molecule has 0 aliphatic rings. The van der Waals surface area contributed by atoms with Crippen molar-refractivity contribution in [1.82, 2.24) is 0 Å². The summed E-state index contributed by atoms with van der Waals surface area (Å²) in [7, 11) is 0. The van der Waals surface area contributed by atoms with E-state index in [1.165, 1.54) is 0 Å². The Balaban J connectivity index is 0. The molecule has 0 atom stereocenters. The van der Waals surface area contributed by atoms with E-state index >= 15 is 0 Å². The first-order chi connectivity index (χ1) is 3.63. The minimum absolute atomic E-state index is 0. The number of carboxylic acids is 2. The summed E-state index contributed by atoms with van der Waals surface area (Å²) < 4.78 is 0. The van der Waals surface area contributed by atoms with Crippen LogP contribution in [0.5, 0.6) is 0 Å². The van der Waals surface area contributed by atoms with Gasteiger partial charge in [-0.25, -0.2) is 9.59 Å². The normalized spacial score (nSPS) is 8.44. The average Bonchev–Trinajstić information content (AvgIpc) is 1.61. The van der Waals surface area contributed by atoms with Crippen LogP contribution in [0.25, 0.3) is 0 Å². The van der Waals surface area contributed by atoms with Crippen molar-refractivity contribution in [2.45, 2.75) is 0 Å². The van der Waals surface area contributed by atoms with E-state index in [0.29, 0.717) is 12.2 Å². The van der Waals surface area contributed by atoms with Crippen LogP contribution in [0.4, 0.5) is 0 Å². The molecule has 0 bridgehead atoms. The van der Waals surface area contributed by atoms with Crippen molar-refractivity contribution in [3.8, 4) is 0 Å². The summed E-state index contributed by atoms with van der Waals surface area (Å²) in [6.07, 6.45) is 1.12. The Morgan fingerprint density at radius 1 is 1.00 bits per heavy atom. The second-order valence-electron chi connectivity index (χ2n) is 1.01. The van der Waals surface area contributed by atoms with E-state index in [2.05, 4.69) is 0 Å². The topological polar surface area (TPSA) is 74.6 Å². The summed E-state index contributed by atoms with van der Waals surface area (Å²) in [6, 6.07) is 0. The molecule has 0 aliphatic heterocycles. The Morgan fingerprint density at radius 3 is 1.33 bits per heavy atom. The third kappa shape index (κ3) is 11.2. The van der Waals surface area contributed by atoms with Crippen molar-refractivity contribution in [3.63, 3.8) is 0 Å². The van der Waals surface area contributed by atoms with Crippen LogP contribution in [-0.4, -0.2) is 22.2 Å². The molecule has 9 heavy (non-hydrogen) atoms. The maximum atomic E-state index is 9.55. The molecule has 0 fully saturated rings. The molecule has 0 saturated heterocycles. The molecule has 0 unspecified atom stereocenters. The molecule has 0 spiro atoms. The fourth-order valence-corrected chi connectivity index (χ4v) is 0.143. The molecule has 0 heterocycles. The van der Waals surface area contributed by atoms with Gasteiger partial charge in [0.1, 0.15) is 0 Å². The van der Waals surface area contributed by atoms with Crippen LogP contribution in [0.1, 0.15) is 0 Å². The molecule has 0 rings (SSSR count). The smallest absolute Gasteiger partial charge is 0.328 e. The predicted molar refractivity (Wildman–Crippen MR) is 24.4 cm³/mol. The molecular formula is C4H4NbO4. The largest absolute Gasteiger partial charge is 0.478 e. The maximum Gasteiger partial charge on any atom is 0.328 e. The van der Waals surface area contributed by atoms with Gasteiger partial charge < -0.3 is 10.2 Å². The molecule has 0 saturated carbocycles. The van der Waals surface area contributed by atoms with Crippen molar-refractivity contribution in [2.75, 3.05) is 0 Å². The SMILES string of the molecule is O=C(O)/C=C\C(=O)O.[Nb]. The second kappa shape index (κ2) is 5.56. The van der Waals surface area contributed by atoms with Crippen LogP contribution in [0, 0.1) is 0 Å². The van der Waals surface area contributed by atoms with Crippen LogP contribution < -0.4 is 0 Å². The van der Waals surface area contributed by atoms with E-state index in [-0.39, 0.29) is 22.4 Å². The van der Waals surface area contributed by atoms with Gasteiger partial charge in [0.2, 0.25) is 0 Å². The first kappa shape index (κ1) is 11.2. The molecule has 49 valence electrons. The van der Waals surface area contributed by atoms with E-state index < -0.39 is 11.9 Å². The monoisotopic (exact) mass is 209 g/mol. The van der Waals surface area contributed by atoms with Crippen molar-refractivity contribution >= 4 is 11.9 Å². The molecule has 0 aliphatic carbocycles. The van der Waals surface area contributed by atoms with Gasteiger partial charge in [0, 0.05) is 34.5 Å². The van der Waals surface area contributed by atoms with Crippen molar-refractivity contribution < 1.29 is 42.2 Å². The summed E-state index contributed by atoms with van der Waals surface area (Å²) in [4.78, 5) is 19.1. The van der Waals surface area contributed by atoms with Gasteiger partial charge in [-0.3, -0.25) is 0 Å². The Kier molecular flexibility index (Phi) is 6.94. The van der Waals surface area contributed by atoms with E-state index in [1.807, 2.05) is 0 Å². The van der Waals surface area contributed by atoms with Crippen LogP contribution in [0.15, 0.2) is 12.2 Å². The van der Waals surface area contributed by atoms with Gasteiger partial charge in [-0.05, 0) is 0 Å². The molecule has 2 N–H and O–H groups in total. The quantitative estimate of drug-likeness (QED) is 0.484. The standard InChI is InChI=1S/C4H4O4.Nb/c5-3(6)1-2-4(7)8;/h1-2H,(H,5,6)(H,7,8);/b2-1-;. The van der Waals surface area contributed by atoms with E-state index in [1.54, 1.807) is 0 Å². The van der Waals surface area contributed by atoms with Gasteiger partial charge >= 0.3 is 11.9 Å². The van der Waals surface area contributed by atoms with Gasteiger partial charge in [0.25, 0.3) is 0 Å². The van der Waals surface area contributed by atoms with Gasteiger partial charge in [0.05, 0.1) is 0 Å². The van der Waals surface area contributed by atoms with Gasteiger partial charge in [0.15, 0.2) is 0 Å². The summed E-state index contributed by atoms with van der Waals surface area (Å²) in [5.41, 5.74) is 0. The minimum Gasteiger partial charge on any atom is -0.478 e. The van der Waals surface area contributed by atoms with Crippen molar-refractivity contribution in [1.29, 1.82) is 0 Å². The Hall–Kier alpha value is -0.580. The summed E-state index contributed by atoms with van der Waals surface area (Å²) in [5, 5.41) is 15.6. The third-order valence-electron chi connectivity index (χ3n) is 0.368. The van der Waals surface area contributed by atoms with Gasteiger partial charge in [-0.2, -0.15) is 0 Å². The number of hydrogen-bond donors (Lipinski definition) is 2. The summed E-state index contributed by atoms with van der Waals surface area (Å²) >= 11 is 0. The summed E-state index contributed by atoms with van der Waals surface area (Å²) in [5.74, 6) is -2.51. The minimum atomic E-state index is -1.26. The fraction of sp³-hybridized carbons (Fsp3) is 0. The predicted octanol–water partition coefficient (Wildman–Crippen LogP) is -0.291. The van der Waals surface area contributed by atoms with Crippen LogP contribution >= 0.6 is 0 Å². The molecule has 0 aromatic carbocycles. The Labute approximate surface area is 66.7 Å². The second-order valence-corrected chi connectivity index (χ2v) is 1.01. The summed E-state index contributed by atoms with van der Waals surface area (Å²) in [6.45, 7) is 0. The number of aliphatic carboxylic acids is 2. The van der Waals surface area contributed by atoms with Gasteiger partial charge in [-0.1, -0.05) is 0 Å². The van der Waals surface area contributed by atoms with E-state index in [0.717, 1.165) is 0 Å². The Bertz CT molecular complexity index is 124. The van der Waals surface area contributed by atoms with Crippen LogP contribution in [-0.2, 0) is 32.0 Å². The molecule has 5 heteroatoms. The molecular weight excluding hydrogens is 205 g/mol. The molecule has 1 radical (unpaired) electrons. The first-order valence-corrected chi connectivity index (χ1v) is 1.77. The molecule has 0 aromatic heterocycles. The van der Waals surface area contributed by atoms with E-state index in [9.17, 15) is 9.59 Å². The number of carboxylic acid groups (broad SMARTS) is 2. The van der Waals surface area contributed by atoms with Gasteiger partial charge in [-0.15, -0.1) is 0 Å². The van der Waals surface area contributed by atoms with E-state index in [4.69, 9.17) is 10.2 Å². The Morgan fingerprint density at radius 2 is 1.22 bits per heavy atom. The van der Waals surface area contributed by atoms with Crippen LogP contribution in [0.3, 0.4) is 0 Å². The molecule has 4 nitrogen and oxygen atoms in total. The zero-order valence-corrected chi connectivity index (χ0v) is 6.51. The number of carbonyl (C=O) groups is 2. The first-order valence-electron chi connectivity index (χ1n) is 1.77. The molecule has 0 amide bonds. The molecule has 0 aromatic rings. The van der Waals surface area contributed by atoms with Crippen molar-refractivity contribution in [3.05, 3.63) is 12.2 Å². The number of hydrogen-bond acceptors (Lipinski definition) is 2. The number of rotatable bonds is 2. The fourth-order valence-electron chi connectivity index (χ4n) is 0.143. The maximum absolute atomic E-state index is 9.55. The van der Waals surface area contributed by atoms with Crippen molar-refractivity contribution in [2.24, 2.45) is 0 Å². The van der Waals surface area contributed by atoms with Crippen LogP contribution in [0.2, 0.25) is 0 Å².